The summed E-state index contributed by atoms with van der Waals surface area (Å²) in [6.45, 7) is 2.70. The molecule has 0 aromatic carbocycles. The molecule has 2 unspecified atom stereocenters. The highest BCUT2D eigenvalue weighted by atomic mass is 16.2. The van der Waals surface area contributed by atoms with E-state index in [4.69, 9.17) is 0 Å². The van der Waals surface area contributed by atoms with E-state index in [1.54, 1.807) is 0 Å². The van der Waals surface area contributed by atoms with Gasteiger partial charge in [-0.25, -0.2) is 0 Å². The standard InChI is InChI=1S/C16H22N2O2/c1-10-13(4-5-14(10)19)18-7-6-16(15(18)20)8-11-2-3-12(9-16)17-11/h11-12,17H,2-9H2,1H3. The molecule has 0 aromatic rings. The molecule has 3 aliphatic heterocycles. The summed E-state index contributed by atoms with van der Waals surface area (Å²) in [5, 5.41) is 3.63. The summed E-state index contributed by atoms with van der Waals surface area (Å²) in [6, 6.07) is 1.08. The van der Waals surface area contributed by atoms with Crippen molar-refractivity contribution >= 4 is 11.7 Å². The highest BCUT2D eigenvalue weighted by Crippen LogP contribution is 2.48. The minimum Gasteiger partial charge on any atom is -0.315 e. The van der Waals surface area contributed by atoms with Crippen LogP contribution in [-0.2, 0) is 9.59 Å². The molecule has 3 saturated heterocycles. The molecule has 20 heavy (non-hydrogen) atoms. The van der Waals surface area contributed by atoms with Crippen LogP contribution >= 0.6 is 0 Å². The molecule has 1 spiro atoms. The topological polar surface area (TPSA) is 49.4 Å². The van der Waals surface area contributed by atoms with Gasteiger partial charge in [0.05, 0.1) is 5.41 Å². The Labute approximate surface area is 119 Å². The molecular weight excluding hydrogens is 252 g/mol. The van der Waals surface area contributed by atoms with E-state index in [0.29, 0.717) is 24.4 Å². The van der Waals surface area contributed by atoms with Gasteiger partial charge in [0.25, 0.3) is 0 Å². The molecule has 108 valence electrons. The van der Waals surface area contributed by atoms with Crippen LogP contribution in [0.25, 0.3) is 0 Å². The maximum absolute atomic E-state index is 13.0. The average molecular weight is 274 g/mol. The molecule has 4 rings (SSSR count). The third-order valence-electron chi connectivity index (χ3n) is 5.89. The fourth-order valence-electron chi connectivity index (χ4n) is 4.81. The van der Waals surface area contributed by atoms with Crippen LogP contribution in [0.4, 0.5) is 0 Å². The van der Waals surface area contributed by atoms with Gasteiger partial charge < -0.3 is 10.2 Å². The van der Waals surface area contributed by atoms with Crippen LogP contribution in [0.15, 0.2) is 11.3 Å². The first-order valence-corrected chi connectivity index (χ1v) is 7.90. The summed E-state index contributed by atoms with van der Waals surface area (Å²) >= 11 is 0. The molecule has 1 N–H and O–H groups in total. The minimum atomic E-state index is -0.129. The zero-order chi connectivity index (χ0) is 13.9. The van der Waals surface area contributed by atoms with Gasteiger partial charge in [-0.15, -0.1) is 0 Å². The Morgan fingerprint density at radius 1 is 1.15 bits per heavy atom. The van der Waals surface area contributed by atoms with Gasteiger partial charge in [0.2, 0.25) is 5.91 Å². The van der Waals surface area contributed by atoms with Crippen molar-refractivity contribution in [2.24, 2.45) is 5.41 Å². The largest absolute Gasteiger partial charge is 0.315 e. The number of ketones is 1. The normalized spacial score (nSPS) is 40.5. The lowest BCUT2D eigenvalue weighted by Crippen LogP contribution is -2.48. The number of hydrogen-bond acceptors (Lipinski definition) is 3. The molecule has 3 heterocycles. The van der Waals surface area contributed by atoms with E-state index in [-0.39, 0.29) is 11.2 Å². The first kappa shape index (κ1) is 12.6. The number of nitrogens with zero attached hydrogens (tertiary/aromatic N) is 1. The highest BCUT2D eigenvalue weighted by molar-refractivity contribution is 5.99. The first-order valence-electron chi connectivity index (χ1n) is 7.90. The number of fused-ring (bicyclic) bond motifs is 2. The second kappa shape index (κ2) is 4.17. The molecule has 2 bridgehead atoms. The number of amides is 1. The zero-order valence-corrected chi connectivity index (χ0v) is 12.1. The molecule has 4 nitrogen and oxygen atoms in total. The summed E-state index contributed by atoms with van der Waals surface area (Å²) in [5.41, 5.74) is 1.71. The maximum Gasteiger partial charge on any atom is 0.233 e. The van der Waals surface area contributed by atoms with Crippen molar-refractivity contribution in [2.75, 3.05) is 6.54 Å². The molecular formula is C16H22N2O2. The number of carbonyl (C=O) groups is 2. The van der Waals surface area contributed by atoms with Crippen LogP contribution in [0.2, 0.25) is 0 Å². The van der Waals surface area contributed by atoms with E-state index in [9.17, 15) is 9.59 Å². The van der Waals surface area contributed by atoms with E-state index in [0.717, 1.165) is 43.5 Å². The van der Waals surface area contributed by atoms with Crippen LogP contribution in [0, 0.1) is 5.41 Å². The third kappa shape index (κ3) is 1.63. The predicted molar refractivity (Wildman–Crippen MR) is 74.9 cm³/mol. The number of hydrogen-bond donors (Lipinski definition) is 1. The van der Waals surface area contributed by atoms with Crippen LogP contribution in [-0.4, -0.2) is 35.2 Å². The number of likely N-dealkylation sites (tertiary alicyclic amines) is 1. The second-order valence-corrected chi connectivity index (χ2v) is 7.03. The summed E-state index contributed by atoms with van der Waals surface area (Å²) in [5.74, 6) is 0.527. The van der Waals surface area contributed by atoms with Gasteiger partial charge in [0.1, 0.15) is 0 Å². The summed E-state index contributed by atoms with van der Waals surface area (Å²) < 4.78 is 0. The van der Waals surface area contributed by atoms with Gasteiger partial charge in [0, 0.05) is 36.3 Å². The third-order valence-corrected chi connectivity index (χ3v) is 5.89. The second-order valence-electron chi connectivity index (χ2n) is 7.03. The van der Waals surface area contributed by atoms with Crippen LogP contribution in [0.5, 0.6) is 0 Å². The molecule has 1 amide bonds. The molecule has 4 heteroatoms. The Kier molecular flexibility index (Phi) is 2.62. The minimum absolute atomic E-state index is 0.129. The van der Waals surface area contributed by atoms with Gasteiger partial charge in [-0.1, -0.05) is 0 Å². The van der Waals surface area contributed by atoms with Gasteiger partial charge in [0.15, 0.2) is 5.78 Å². The fourth-order valence-corrected chi connectivity index (χ4v) is 4.81. The van der Waals surface area contributed by atoms with Crippen LogP contribution in [0.3, 0.4) is 0 Å². The molecule has 3 fully saturated rings. The van der Waals surface area contributed by atoms with E-state index >= 15 is 0 Å². The Morgan fingerprint density at radius 2 is 1.85 bits per heavy atom. The number of allylic oxidation sites excluding steroid dienone is 2. The van der Waals surface area contributed by atoms with Crippen molar-refractivity contribution in [3.05, 3.63) is 11.3 Å². The number of piperidine rings is 1. The number of nitrogens with one attached hydrogen (secondary N) is 1. The first-order chi connectivity index (χ1) is 9.59. The van der Waals surface area contributed by atoms with Crippen molar-refractivity contribution in [1.29, 1.82) is 0 Å². The fraction of sp³-hybridized carbons (Fsp3) is 0.750. The number of Topliss-reactive ketones (excluding diaryl/α,β-unsaturated/α-hetero) is 1. The van der Waals surface area contributed by atoms with E-state index < -0.39 is 0 Å². The number of rotatable bonds is 1. The van der Waals surface area contributed by atoms with Crippen molar-refractivity contribution in [2.45, 2.75) is 64.0 Å². The number of carbonyl (C=O) groups excluding carboxylic acids is 2. The lowest BCUT2D eigenvalue weighted by atomic mass is 9.74. The smallest absolute Gasteiger partial charge is 0.233 e. The van der Waals surface area contributed by atoms with E-state index in [2.05, 4.69) is 5.32 Å². The predicted octanol–water partition coefficient (Wildman–Crippen LogP) is 1.76. The maximum atomic E-state index is 13.0. The molecule has 0 saturated carbocycles. The Morgan fingerprint density at radius 3 is 2.45 bits per heavy atom. The Hall–Kier alpha value is -1.16. The Balaban J connectivity index is 1.62. The summed E-state index contributed by atoms with van der Waals surface area (Å²) in [7, 11) is 0. The van der Waals surface area contributed by atoms with Crippen molar-refractivity contribution in [3.63, 3.8) is 0 Å². The van der Waals surface area contributed by atoms with Gasteiger partial charge in [-0.05, 0) is 45.4 Å². The monoisotopic (exact) mass is 274 g/mol. The van der Waals surface area contributed by atoms with Crippen molar-refractivity contribution < 1.29 is 9.59 Å². The molecule has 4 aliphatic rings. The van der Waals surface area contributed by atoms with Crippen LogP contribution < -0.4 is 5.32 Å². The van der Waals surface area contributed by atoms with Gasteiger partial charge >= 0.3 is 0 Å². The van der Waals surface area contributed by atoms with Gasteiger partial charge in [-0.3, -0.25) is 9.59 Å². The van der Waals surface area contributed by atoms with Crippen molar-refractivity contribution in [3.8, 4) is 0 Å². The van der Waals surface area contributed by atoms with Crippen LogP contribution in [0.1, 0.15) is 51.9 Å². The SMILES string of the molecule is CC1=C(N2CCC3(CC4CCC(C3)N4)C2=O)CCC1=O. The molecule has 2 atom stereocenters. The quantitative estimate of drug-likeness (QED) is 0.792. The lowest BCUT2D eigenvalue weighted by molar-refractivity contribution is -0.136. The Bertz CT molecular complexity index is 511. The van der Waals surface area contributed by atoms with E-state index in [1.807, 2.05) is 11.8 Å². The van der Waals surface area contributed by atoms with Crippen molar-refractivity contribution in [1.82, 2.24) is 10.2 Å². The molecule has 0 radical (unpaired) electrons. The molecule has 0 aromatic heterocycles. The molecule has 1 aliphatic carbocycles. The summed E-state index contributed by atoms with van der Waals surface area (Å²) in [4.78, 5) is 26.7. The zero-order valence-electron chi connectivity index (χ0n) is 12.1. The summed E-state index contributed by atoms with van der Waals surface area (Å²) in [6.07, 6.45) is 6.77. The highest BCUT2D eigenvalue weighted by Gasteiger charge is 2.53. The lowest BCUT2D eigenvalue weighted by Gasteiger charge is -2.37. The van der Waals surface area contributed by atoms with E-state index in [1.165, 1.54) is 12.8 Å². The average Bonchev–Trinajstić information content (AvgIpc) is 3.03. The van der Waals surface area contributed by atoms with Gasteiger partial charge in [-0.2, -0.15) is 0 Å².